The molecule has 0 aliphatic carbocycles. The van der Waals surface area contributed by atoms with E-state index in [4.69, 9.17) is 4.98 Å². The number of hydrogen-bond donors (Lipinski definition) is 1. The Morgan fingerprint density at radius 1 is 1.16 bits per heavy atom. The van der Waals surface area contributed by atoms with Gasteiger partial charge in [-0.1, -0.05) is 29.8 Å². The van der Waals surface area contributed by atoms with Crippen LogP contribution in [0.25, 0.3) is 20.8 Å². The van der Waals surface area contributed by atoms with Crippen LogP contribution in [-0.2, 0) is 17.8 Å². The maximum Gasteiger partial charge on any atom is 0.235 e. The molecule has 2 aromatic carbocycles. The van der Waals surface area contributed by atoms with Gasteiger partial charge in [-0.15, -0.1) is 34.4 Å². The summed E-state index contributed by atoms with van der Waals surface area (Å²) < 4.78 is 1.18. The topological polar surface area (TPSA) is 45.2 Å². The number of para-hydroxylation sites is 1. The first-order valence-electron chi connectivity index (χ1n) is 10.2. The molecule has 1 aliphatic rings. The van der Waals surface area contributed by atoms with Gasteiger partial charge in [0.2, 0.25) is 5.91 Å². The van der Waals surface area contributed by atoms with Crippen molar-refractivity contribution in [2.75, 3.05) is 24.7 Å². The molecule has 0 fully saturated rings. The van der Waals surface area contributed by atoms with Crippen molar-refractivity contribution in [1.82, 2.24) is 9.88 Å². The van der Waals surface area contributed by atoms with Gasteiger partial charge in [-0.05, 0) is 50.2 Å². The fourth-order valence-electron chi connectivity index (χ4n) is 3.77. The molecule has 0 unspecified atom stereocenters. The van der Waals surface area contributed by atoms with Gasteiger partial charge < -0.3 is 10.2 Å². The molecule has 4 nitrogen and oxygen atoms in total. The molecule has 0 saturated heterocycles. The summed E-state index contributed by atoms with van der Waals surface area (Å²) in [6, 6.07) is 16.5. The fourth-order valence-corrected chi connectivity index (χ4v) is 6.92. The number of nitrogens with one attached hydrogen (secondary N) is 1. The third-order valence-electron chi connectivity index (χ3n) is 5.40. The molecule has 1 N–H and O–H groups in total. The molecule has 0 spiro atoms. The summed E-state index contributed by atoms with van der Waals surface area (Å²) in [6.45, 7) is 4.02. The number of thiazole rings is 1. The first kappa shape index (κ1) is 20.7. The third-order valence-corrected chi connectivity index (χ3v) is 8.60. The number of benzene rings is 2. The van der Waals surface area contributed by atoms with Crippen molar-refractivity contribution >= 4 is 55.6 Å². The van der Waals surface area contributed by atoms with E-state index in [9.17, 15) is 4.79 Å². The molecule has 0 bridgehead atoms. The molecule has 0 saturated carbocycles. The number of rotatable bonds is 5. The largest absolute Gasteiger partial charge is 0.316 e. The molecule has 0 atom stereocenters. The lowest BCUT2D eigenvalue weighted by molar-refractivity contribution is -0.113. The van der Waals surface area contributed by atoms with Crippen LogP contribution in [0.1, 0.15) is 16.0 Å². The summed E-state index contributed by atoms with van der Waals surface area (Å²) in [5.74, 6) is 0.421. The van der Waals surface area contributed by atoms with Crippen molar-refractivity contribution < 1.29 is 4.79 Å². The van der Waals surface area contributed by atoms with E-state index in [2.05, 4.69) is 60.6 Å². The number of aryl methyl sites for hydroxylation is 1. The zero-order valence-electron chi connectivity index (χ0n) is 17.5. The predicted octanol–water partition coefficient (Wildman–Crippen LogP) is 6.05. The molecule has 1 amide bonds. The van der Waals surface area contributed by atoms with Gasteiger partial charge in [0.25, 0.3) is 0 Å². The molecule has 7 heteroatoms. The molecular formula is C24H23N3OS3. The highest BCUT2D eigenvalue weighted by atomic mass is 32.2. The number of carbonyl (C=O) groups excluding carboxylic acids is 1. The average molecular weight is 466 g/mol. The summed E-state index contributed by atoms with van der Waals surface area (Å²) in [6.07, 6.45) is 0.988. The smallest absolute Gasteiger partial charge is 0.235 e. The lowest BCUT2D eigenvalue weighted by Crippen LogP contribution is -2.25. The Hall–Kier alpha value is -2.19. The van der Waals surface area contributed by atoms with E-state index < -0.39 is 0 Å². The second-order valence-electron chi connectivity index (χ2n) is 7.83. The Kier molecular flexibility index (Phi) is 5.84. The summed E-state index contributed by atoms with van der Waals surface area (Å²) in [4.78, 5) is 22.5. The molecule has 0 radical (unpaired) electrons. The standard InChI is InChI=1S/C24H23N3OS3/c1-15-7-9-16(10-8-15)29-14-21(28)26-24-22(17-11-12-27(2)13-20(17)31-24)23-25-18-5-3-4-6-19(18)30-23/h3-10H,11-14H2,1-2H3,(H,26,28). The van der Waals surface area contributed by atoms with E-state index >= 15 is 0 Å². The van der Waals surface area contributed by atoms with Gasteiger partial charge in [-0.2, -0.15) is 0 Å². The highest BCUT2D eigenvalue weighted by Crippen LogP contribution is 2.45. The number of amides is 1. The van der Waals surface area contributed by atoms with Gasteiger partial charge in [0, 0.05) is 28.4 Å². The number of aromatic nitrogens is 1. The van der Waals surface area contributed by atoms with E-state index in [1.165, 1.54) is 20.7 Å². The number of likely N-dealkylation sites (N-methyl/N-ethyl adjacent to an activating group) is 1. The van der Waals surface area contributed by atoms with Crippen LogP contribution in [0.3, 0.4) is 0 Å². The quantitative estimate of drug-likeness (QED) is 0.364. The number of hydrogen-bond acceptors (Lipinski definition) is 6. The minimum absolute atomic E-state index is 0.0277. The first-order chi connectivity index (χ1) is 15.1. The zero-order chi connectivity index (χ0) is 21.4. The second kappa shape index (κ2) is 8.74. The highest BCUT2D eigenvalue weighted by Gasteiger charge is 2.26. The van der Waals surface area contributed by atoms with Gasteiger partial charge in [0.1, 0.15) is 10.0 Å². The minimum atomic E-state index is 0.0277. The maximum atomic E-state index is 12.8. The van der Waals surface area contributed by atoms with Gasteiger partial charge in [-0.25, -0.2) is 4.98 Å². The predicted molar refractivity (Wildman–Crippen MR) is 134 cm³/mol. The average Bonchev–Trinajstić information content (AvgIpc) is 3.33. The molecule has 3 heterocycles. The lowest BCUT2D eigenvalue weighted by atomic mass is 10.0. The number of thiophene rings is 1. The normalized spacial score (nSPS) is 14.0. The number of anilines is 1. The van der Waals surface area contributed by atoms with Gasteiger partial charge in [0.05, 0.1) is 16.0 Å². The molecular weight excluding hydrogens is 442 g/mol. The number of carbonyl (C=O) groups is 1. The Morgan fingerprint density at radius 2 is 1.97 bits per heavy atom. The molecule has 5 rings (SSSR count). The Bertz CT molecular complexity index is 1210. The van der Waals surface area contributed by atoms with Crippen LogP contribution in [0, 0.1) is 6.92 Å². The monoisotopic (exact) mass is 465 g/mol. The summed E-state index contributed by atoms with van der Waals surface area (Å²) in [7, 11) is 2.15. The zero-order valence-corrected chi connectivity index (χ0v) is 19.9. The van der Waals surface area contributed by atoms with Gasteiger partial charge >= 0.3 is 0 Å². The van der Waals surface area contributed by atoms with Crippen molar-refractivity contribution in [2.24, 2.45) is 0 Å². The van der Waals surface area contributed by atoms with Crippen LogP contribution in [0.5, 0.6) is 0 Å². The van der Waals surface area contributed by atoms with Gasteiger partial charge in [0.15, 0.2) is 0 Å². The number of fused-ring (bicyclic) bond motifs is 2. The Labute approximate surface area is 194 Å². The van der Waals surface area contributed by atoms with Crippen LogP contribution in [0.15, 0.2) is 53.4 Å². The Morgan fingerprint density at radius 3 is 2.77 bits per heavy atom. The van der Waals surface area contributed by atoms with Gasteiger partial charge in [-0.3, -0.25) is 4.79 Å². The molecule has 4 aromatic rings. The van der Waals surface area contributed by atoms with Crippen LogP contribution in [0.2, 0.25) is 0 Å². The van der Waals surface area contributed by atoms with E-state index in [0.29, 0.717) is 5.75 Å². The van der Waals surface area contributed by atoms with E-state index in [1.54, 1.807) is 34.4 Å². The molecule has 2 aromatic heterocycles. The van der Waals surface area contributed by atoms with Crippen LogP contribution >= 0.6 is 34.4 Å². The summed E-state index contributed by atoms with van der Waals surface area (Å²) in [5.41, 5.74) is 4.72. The van der Waals surface area contributed by atoms with Crippen LogP contribution in [-0.4, -0.2) is 35.1 Å². The minimum Gasteiger partial charge on any atom is -0.316 e. The first-order valence-corrected chi connectivity index (χ1v) is 12.9. The second-order valence-corrected chi connectivity index (χ2v) is 11.0. The number of thioether (sulfide) groups is 1. The van der Waals surface area contributed by atoms with Crippen molar-refractivity contribution in [2.45, 2.75) is 24.8 Å². The summed E-state index contributed by atoms with van der Waals surface area (Å²) in [5, 5.41) is 5.16. The Balaban J connectivity index is 1.43. The highest BCUT2D eigenvalue weighted by molar-refractivity contribution is 8.00. The maximum absolute atomic E-state index is 12.8. The van der Waals surface area contributed by atoms with E-state index in [1.807, 2.05) is 12.1 Å². The van der Waals surface area contributed by atoms with E-state index in [0.717, 1.165) is 45.5 Å². The molecule has 1 aliphatic heterocycles. The fraction of sp³-hybridized carbons (Fsp3) is 0.250. The van der Waals surface area contributed by atoms with Crippen LogP contribution < -0.4 is 5.32 Å². The van der Waals surface area contributed by atoms with E-state index in [-0.39, 0.29) is 5.91 Å². The van der Waals surface area contributed by atoms with Crippen molar-refractivity contribution in [3.05, 3.63) is 64.5 Å². The summed E-state index contributed by atoms with van der Waals surface area (Å²) >= 11 is 4.98. The van der Waals surface area contributed by atoms with Crippen molar-refractivity contribution in [3.8, 4) is 10.6 Å². The number of nitrogens with zero attached hydrogens (tertiary/aromatic N) is 2. The molecule has 158 valence electrons. The lowest BCUT2D eigenvalue weighted by Gasteiger charge is -2.22. The van der Waals surface area contributed by atoms with Crippen LogP contribution in [0.4, 0.5) is 5.00 Å². The molecule has 31 heavy (non-hydrogen) atoms. The van der Waals surface area contributed by atoms with Crippen molar-refractivity contribution in [3.63, 3.8) is 0 Å². The third kappa shape index (κ3) is 4.41. The SMILES string of the molecule is Cc1ccc(SCC(=O)Nc2sc3c(c2-c2nc4ccccc4s2)CCN(C)C3)cc1. The van der Waals surface area contributed by atoms with Crippen molar-refractivity contribution in [1.29, 1.82) is 0 Å².